The molecule has 0 aliphatic rings. The quantitative estimate of drug-likeness (QED) is 0.714. The monoisotopic (exact) mass is 212 g/mol. The Morgan fingerprint density at radius 1 is 1.07 bits per heavy atom. The number of hydrogen-bond acceptors (Lipinski definition) is 1. The molecule has 1 nitrogen and oxygen atoms in total. The third kappa shape index (κ3) is 9.84. The molecule has 0 aliphatic carbocycles. The summed E-state index contributed by atoms with van der Waals surface area (Å²) in [5.74, 6) is 0.493. The van der Waals surface area contributed by atoms with Gasteiger partial charge in [0, 0.05) is 6.42 Å². The van der Waals surface area contributed by atoms with E-state index in [9.17, 15) is 18.3 Å². The zero-order chi connectivity index (χ0) is 11.2. The number of aliphatic hydroxyl groups is 1. The molecule has 0 amide bonds. The van der Waals surface area contributed by atoms with Crippen LogP contribution in [0.15, 0.2) is 0 Å². The second kappa shape index (κ2) is 6.27. The average molecular weight is 212 g/mol. The van der Waals surface area contributed by atoms with Crippen molar-refractivity contribution < 1.29 is 18.3 Å². The Morgan fingerprint density at radius 3 is 2.07 bits per heavy atom. The highest BCUT2D eigenvalue weighted by Crippen LogP contribution is 2.23. The number of rotatable bonds is 6. The van der Waals surface area contributed by atoms with Crippen LogP contribution >= 0.6 is 0 Å². The zero-order valence-corrected chi connectivity index (χ0v) is 8.77. The molecule has 1 unspecified atom stereocenters. The summed E-state index contributed by atoms with van der Waals surface area (Å²) in [7, 11) is 0. The number of aliphatic hydroxyl groups excluding tert-OH is 1. The van der Waals surface area contributed by atoms with Gasteiger partial charge >= 0.3 is 6.18 Å². The lowest BCUT2D eigenvalue weighted by Gasteiger charge is -2.12. The molecule has 1 N–H and O–H groups in total. The lowest BCUT2D eigenvalue weighted by atomic mass is 10.0. The Bertz CT molecular complexity index is 143. The smallest absolute Gasteiger partial charge is 0.389 e. The first kappa shape index (κ1) is 13.8. The van der Waals surface area contributed by atoms with Crippen LogP contribution in [0.1, 0.15) is 46.0 Å². The summed E-state index contributed by atoms with van der Waals surface area (Å²) in [5, 5.41) is 9.33. The Labute approximate surface area is 83.3 Å². The van der Waals surface area contributed by atoms with E-state index in [1.165, 1.54) is 0 Å². The van der Waals surface area contributed by atoms with Gasteiger partial charge in [-0.05, 0) is 31.6 Å². The topological polar surface area (TPSA) is 20.2 Å². The lowest BCUT2D eigenvalue weighted by molar-refractivity contribution is -0.136. The van der Waals surface area contributed by atoms with E-state index in [-0.39, 0.29) is 12.8 Å². The molecule has 0 radical (unpaired) electrons. The Kier molecular flexibility index (Phi) is 6.16. The van der Waals surface area contributed by atoms with Crippen LogP contribution in [0.25, 0.3) is 0 Å². The van der Waals surface area contributed by atoms with E-state index in [1.54, 1.807) is 0 Å². The van der Waals surface area contributed by atoms with Crippen LogP contribution in [0.4, 0.5) is 13.2 Å². The van der Waals surface area contributed by atoms with Crippen molar-refractivity contribution in [1.29, 1.82) is 0 Å². The van der Waals surface area contributed by atoms with Crippen molar-refractivity contribution in [2.75, 3.05) is 0 Å². The first-order valence-corrected chi connectivity index (χ1v) is 5.06. The summed E-state index contributed by atoms with van der Waals surface area (Å²) >= 11 is 0. The van der Waals surface area contributed by atoms with Crippen molar-refractivity contribution in [3.8, 4) is 0 Å². The van der Waals surface area contributed by atoms with Crippen molar-refractivity contribution in [2.24, 2.45) is 5.92 Å². The molecule has 0 heterocycles. The lowest BCUT2D eigenvalue weighted by Crippen LogP contribution is -2.11. The fourth-order valence-electron chi connectivity index (χ4n) is 1.21. The van der Waals surface area contributed by atoms with Crippen LogP contribution in [-0.2, 0) is 0 Å². The number of hydrogen-bond donors (Lipinski definition) is 1. The van der Waals surface area contributed by atoms with Gasteiger partial charge in [-0.3, -0.25) is 0 Å². The molecule has 14 heavy (non-hydrogen) atoms. The predicted octanol–water partition coefficient (Wildman–Crippen LogP) is 3.52. The van der Waals surface area contributed by atoms with E-state index in [2.05, 4.69) is 0 Å². The molecule has 0 spiro atoms. The molecule has 0 saturated heterocycles. The Morgan fingerprint density at radius 2 is 1.64 bits per heavy atom. The summed E-state index contributed by atoms with van der Waals surface area (Å²) in [5.41, 5.74) is 0. The van der Waals surface area contributed by atoms with E-state index in [1.807, 2.05) is 13.8 Å². The fraction of sp³-hybridized carbons (Fsp3) is 1.00. The summed E-state index contributed by atoms with van der Waals surface area (Å²) < 4.78 is 35.2. The van der Waals surface area contributed by atoms with Gasteiger partial charge in [-0.15, -0.1) is 0 Å². The normalized spacial score (nSPS) is 14.8. The van der Waals surface area contributed by atoms with Crippen LogP contribution in [0.2, 0.25) is 0 Å². The van der Waals surface area contributed by atoms with Gasteiger partial charge in [-0.2, -0.15) is 13.2 Å². The molecule has 1 atom stereocenters. The van der Waals surface area contributed by atoms with Gasteiger partial charge in [0.1, 0.15) is 0 Å². The van der Waals surface area contributed by atoms with Gasteiger partial charge < -0.3 is 5.11 Å². The first-order valence-electron chi connectivity index (χ1n) is 5.06. The van der Waals surface area contributed by atoms with Crippen LogP contribution < -0.4 is 0 Å². The standard InChI is InChI=1S/C10H19F3O/c1-8(2)5-6-9(14)4-3-7-10(11,12)13/h8-9,14H,3-7H2,1-2H3. The molecule has 0 aromatic carbocycles. The molecule has 0 saturated carbocycles. The maximum atomic E-state index is 11.7. The van der Waals surface area contributed by atoms with Gasteiger partial charge in [-0.1, -0.05) is 13.8 Å². The summed E-state index contributed by atoms with van der Waals surface area (Å²) in [6, 6.07) is 0. The molecule has 86 valence electrons. The number of halogens is 3. The van der Waals surface area contributed by atoms with Gasteiger partial charge in [0.2, 0.25) is 0 Å². The van der Waals surface area contributed by atoms with Crippen molar-refractivity contribution in [1.82, 2.24) is 0 Å². The Balaban J connectivity index is 3.40. The highest BCUT2D eigenvalue weighted by atomic mass is 19.4. The highest BCUT2D eigenvalue weighted by Gasteiger charge is 2.26. The second-order valence-electron chi connectivity index (χ2n) is 4.13. The van der Waals surface area contributed by atoms with Crippen LogP contribution in [0.3, 0.4) is 0 Å². The largest absolute Gasteiger partial charge is 0.393 e. The van der Waals surface area contributed by atoms with Crippen molar-refractivity contribution >= 4 is 0 Å². The summed E-state index contributed by atoms with van der Waals surface area (Å²) in [6.07, 6.45) is -3.68. The molecule has 0 aromatic heterocycles. The second-order valence-corrected chi connectivity index (χ2v) is 4.13. The van der Waals surface area contributed by atoms with Gasteiger partial charge in [-0.25, -0.2) is 0 Å². The minimum absolute atomic E-state index is 0.0305. The van der Waals surface area contributed by atoms with E-state index in [0.29, 0.717) is 12.3 Å². The SMILES string of the molecule is CC(C)CCC(O)CCCC(F)(F)F. The molecular formula is C10H19F3O. The minimum Gasteiger partial charge on any atom is -0.393 e. The molecule has 0 aromatic rings. The first-order chi connectivity index (χ1) is 6.31. The van der Waals surface area contributed by atoms with Gasteiger partial charge in [0.15, 0.2) is 0 Å². The molecule has 0 bridgehead atoms. The van der Waals surface area contributed by atoms with E-state index >= 15 is 0 Å². The minimum atomic E-state index is -4.09. The maximum absolute atomic E-state index is 11.7. The Hall–Kier alpha value is -0.250. The maximum Gasteiger partial charge on any atom is 0.389 e. The fourth-order valence-corrected chi connectivity index (χ4v) is 1.21. The molecule has 0 fully saturated rings. The average Bonchev–Trinajstić information content (AvgIpc) is 1.98. The molecule has 0 rings (SSSR count). The predicted molar refractivity (Wildman–Crippen MR) is 50.0 cm³/mol. The van der Waals surface area contributed by atoms with E-state index in [0.717, 1.165) is 6.42 Å². The van der Waals surface area contributed by atoms with Crippen LogP contribution in [0.5, 0.6) is 0 Å². The van der Waals surface area contributed by atoms with Crippen LogP contribution in [-0.4, -0.2) is 17.4 Å². The van der Waals surface area contributed by atoms with Gasteiger partial charge in [0.25, 0.3) is 0 Å². The summed E-state index contributed by atoms with van der Waals surface area (Å²) in [4.78, 5) is 0. The van der Waals surface area contributed by atoms with Crippen molar-refractivity contribution in [2.45, 2.75) is 58.2 Å². The van der Waals surface area contributed by atoms with Crippen molar-refractivity contribution in [3.63, 3.8) is 0 Å². The van der Waals surface area contributed by atoms with E-state index in [4.69, 9.17) is 0 Å². The molecule has 0 aliphatic heterocycles. The van der Waals surface area contributed by atoms with Gasteiger partial charge in [0.05, 0.1) is 6.10 Å². The number of alkyl halides is 3. The molecule has 4 heteroatoms. The molecular weight excluding hydrogens is 193 g/mol. The zero-order valence-electron chi connectivity index (χ0n) is 8.77. The van der Waals surface area contributed by atoms with E-state index < -0.39 is 18.7 Å². The highest BCUT2D eigenvalue weighted by molar-refractivity contribution is 4.60. The third-order valence-electron chi connectivity index (χ3n) is 2.07. The van der Waals surface area contributed by atoms with Crippen molar-refractivity contribution in [3.05, 3.63) is 0 Å². The van der Waals surface area contributed by atoms with Crippen LogP contribution in [0, 0.1) is 5.92 Å². The third-order valence-corrected chi connectivity index (χ3v) is 2.07. The summed E-state index contributed by atoms with van der Waals surface area (Å²) in [6.45, 7) is 4.06.